The van der Waals surface area contributed by atoms with Crippen molar-refractivity contribution in [1.29, 1.82) is 0 Å². The molecule has 7 heteroatoms. The molecule has 0 aliphatic rings. The quantitative estimate of drug-likeness (QED) is 0.740. The zero-order valence-electron chi connectivity index (χ0n) is 8.15. The van der Waals surface area contributed by atoms with Gasteiger partial charge >= 0.3 is 12.3 Å². The van der Waals surface area contributed by atoms with Crippen molar-refractivity contribution in [1.82, 2.24) is 5.32 Å². The highest BCUT2D eigenvalue weighted by Gasteiger charge is 2.30. The Labute approximate surface area is 94.6 Å². The number of urea groups is 1. The van der Waals surface area contributed by atoms with Crippen LogP contribution in [-0.2, 0) is 0 Å². The summed E-state index contributed by atoms with van der Waals surface area (Å²) in [6.07, 6.45) is -4.75. The Morgan fingerprint density at radius 1 is 1.38 bits per heavy atom. The summed E-state index contributed by atoms with van der Waals surface area (Å²) in [5.41, 5.74) is 0.843. The van der Waals surface area contributed by atoms with Gasteiger partial charge in [0.1, 0.15) is 0 Å². The third-order valence-corrected chi connectivity index (χ3v) is 1.93. The fourth-order valence-corrected chi connectivity index (χ4v) is 1.28. The molecule has 0 saturated carbocycles. The van der Waals surface area contributed by atoms with Crippen LogP contribution >= 0.6 is 11.6 Å². The molecule has 1 aromatic carbocycles. The number of alkyl halides is 3. The van der Waals surface area contributed by atoms with Crippen LogP contribution < -0.4 is 10.6 Å². The molecule has 0 fully saturated rings. The van der Waals surface area contributed by atoms with Gasteiger partial charge in [-0.15, -0.1) is 0 Å². The molecule has 0 aliphatic carbocycles. The van der Waals surface area contributed by atoms with Crippen molar-refractivity contribution in [2.45, 2.75) is 13.2 Å². The van der Waals surface area contributed by atoms with E-state index in [1.165, 1.54) is 18.2 Å². The van der Waals surface area contributed by atoms with E-state index in [0.29, 0.717) is 10.6 Å². The van der Waals surface area contributed by atoms with Crippen molar-refractivity contribution in [3.8, 4) is 0 Å². The van der Waals surface area contributed by atoms with Gasteiger partial charge in [0.25, 0.3) is 0 Å². The number of hydrogen-bond acceptors (Lipinski definition) is 1. The minimum Gasteiger partial charge on any atom is -0.308 e. The van der Waals surface area contributed by atoms with Crippen LogP contribution in [0.15, 0.2) is 18.2 Å². The van der Waals surface area contributed by atoms with Crippen LogP contribution in [0.1, 0.15) is 5.56 Å². The lowest BCUT2D eigenvalue weighted by molar-refractivity contribution is -0.144. The summed E-state index contributed by atoms with van der Waals surface area (Å²) < 4.78 is 35.3. The Bertz CT molecular complexity index is 406. The monoisotopic (exact) mass is 252 g/mol. The smallest absolute Gasteiger partial charge is 0.308 e. The van der Waals surface area contributed by atoms with E-state index in [0.717, 1.165) is 5.32 Å². The topological polar surface area (TPSA) is 41.1 Å². The normalized spacial score (nSPS) is 11.1. The van der Waals surface area contributed by atoms with Gasteiger partial charge in [0.15, 0.2) is 0 Å². The standard InChI is InChI=1S/C9H8ClF3N2O/c1-5-4-6(10)2-3-7(5)14-8(16)15-9(11,12)13/h2-4H,1H3,(H2,14,15,16). The average Bonchev–Trinajstić information content (AvgIpc) is 2.06. The van der Waals surface area contributed by atoms with E-state index in [4.69, 9.17) is 11.6 Å². The number of benzene rings is 1. The second kappa shape index (κ2) is 4.61. The zero-order chi connectivity index (χ0) is 12.3. The van der Waals surface area contributed by atoms with Gasteiger partial charge in [-0.3, -0.25) is 0 Å². The zero-order valence-corrected chi connectivity index (χ0v) is 8.91. The Morgan fingerprint density at radius 2 is 2.00 bits per heavy atom. The Balaban J connectivity index is 2.70. The highest BCUT2D eigenvalue weighted by atomic mass is 35.5. The largest absolute Gasteiger partial charge is 0.485 e. The van der Waals surface area contributed by atoms with Gasteiger partial charge in [0.2, 0.25) is 0 Å². The molecule has 1 rings (SSSR count). The van der Waals surface area contributed by atoms with Crippen molar-refractivity contribution in [3.63, 3.8) is 0 Å². The second-order valence-corrected chi connectivity index (χ2v) is 3.47. The first-order valence-corrected chi connectivity index (χ1v) is 4.58. The summed E-state index contributed by atoms with van der Waals surface area (Å²) in [6, 6.07) is 3.09. The van der Waals surface area contributed by atoms with E-state index in [9.17, 15) is 18.0 Å². The lowest BCUT2D eigenvalue weighted by Gasteiger charge is -2.11. The summed E-state index contributed by atoms with van der Waals surface area (Å²) in [5.74, 6) is 0. The van der Waals surface area contributed by atoms with E-state index in [-0.39, 0.29) is 5.69 Å². The average molecular weight is 253 g/mol. The molecular formula is C9H8ClF3N2O. The van der Waals surface area contributed by atoms with E-state index in [1.807, 2.05) is 0 Å². The molecule has 3 nitrogen and oxygen atoms in total. The van der Waals surface area contributed by atoms with Crippen LogP contribution in [0.4, 0.5) is 23.7 Å². The Hall–Kier alpha value is -1.43. The van der Waals surface area contributed by atoms with Crippen LogP contribution in [0.5, 0.6) is 0 Å². The fraction of sp³-hybridized carbons (Fsp3) is 0.222. The number of nitrogens with one attached hydrogen (secondary N) is 2. The molecule has 0 bridgehead atoms. The van der Waals surface area contributed by atoms with Gasteiger partial charge in [0, 0.05) is 10.7 Å². The second-order valence-electron chi connectivity index (χ2n) is 3.04. The van der Waals surface area contributed by atoms with E-state index in [1.54, 1.807) is 6.92 Å². The molecule has 2 amide bonds. The van der Waals surface area contributed by atoms with Gasteiger partial charge in [-0.25, -0.2) is 10.1 Å². The first kappa shape index (κ1) is 12.6. The van der Waals surface area contributed by atoms with E-state index < -0.39 is 12.3 Å². The van der Waals surface area contributed by atoms with Crippen molar-refractivity contribution in [2.24, 2.45) is 0 Å². The summed E-state index contributed by atoms with van der Waals surface area (Å²) >= 11 is 5.65. The molecule has 16 heavy (non-hydrogen) atoms. The maximum absolute atomic E-state index is 11.8. The SMILES string of the molecule is Cc1cc(Cl)ccc1NC(=O)NC(F)(F)F. The van der Waals surface area contributed by atoms with Crippen LogP contribution in [0.3, 0.4) is 0 Å². The highest BCUT2D eigenvalue weighted by Crippen LogP contribution is 2.19. The number of anilines is 1. The van der Waals surface area contributed by atoms with Crippen LogP contribution in [0.25, 0.3) is 0 Å². The third-order valence-electron chi connectivity index (χ3n) is 1.69. The predicted molar refractivity (Wildman–Crippen MR) is 54.4 cm³/mol. The van der Waals surface area contributed by atoms with Crippen LogP contribution in [-0.4, -0.2) is 12.3 Å². The molecule has 0 saturated heterocycles. The number of halogens is 4. The molecule has 88 valence electrons. The first-order chi connectivity index (χ1) is 7.28. The lowest BCUT2D eigenvalue weighted by Crippen LogP contribution is -2.40. The van der Waals surface area contributed by atoms with Crippen LogP contribution in [0.2, 0.25) is 5.02 Å². The molecular weight excluding hydrogens is 245 g/mol. The van der Waals surface area contributed by atoms with Crippen molar-refractivity contribution in [2.75, 3.05) is 5.32 Å². The molecule has 0 unspecified atom stereocenters. The number of amides is 2. The van der Waals surface area contributed by atoms with E-state index in [2.05, 4.69) is 5.32 Å². The molecule has 2 N–H and O–H groups in total. The molecule has 0 spiro atoms. The fourth-order valence-electron chi connectivity index (χ4n) is 1.05. The van der Waals surface area contributed by atoms with Gasteiger partial charge in [0.05, 0.1) is 0 Å². The Morgan fingerprint density at radius 3 is 2.50 bits per heavy atom. The molecule has 0 heterocycles. The minimum absolute atomic E-state index is 0.270. The lowest BCUT2D eigenvalue weighted by atomic mass is 10.2. The van der Waals surface area contributed by atoms with Crippen molar-refractivity contribution >= 4 is 23.3 Å². The van der Waals surface area contributed by atoms with Gasteiger partial charge < -0.3 is 5.32 Å². The third kappa shape index (κ3) is 3.98. The summed E-state index contributed by atoms with van der Waals surface area (Å²) in [6.45, 7) is 1.62. The molecule has 1 aromatic rings. The molecule has 0 aromatic heterocycles. The maximum atomic E-state index is 11.8. The maximum Gasteiger partial charge on any atom is 0.485 e. The number of carbonyl (C=O) groups excluding carboxylic acids is 1. The number of carbonyl (C=O) groups is 1. The minimum atomic E-state index is -4.75. The van der Waals surface area contributed by atoms with Crippen LogP contribution in [0, 0.1) is 6.92 Å². The predicted octanol–water partition coefficient (Wildman–Crippen LogP) is 3.29. The van der Waals surface area contributed by atoms with Gasteiger partial charge in [-0.05, 0) is 30.7 Å². The molecule has 0 atom stereocenters. The van der Waals surface area contributed by atoms with Crippen molar-refractivity contribution < 1.29 is 18.0 Å². The molecule has 0 aliphatic heterocycles. The number of aryl methyl sites for hydroxylation is 1. The van der Waals surface area contributed by atoms with Gasteiger partial charge in [-0.1, -0.05) is 11.6 Å². The summed E-state index contributed by atoms with van der Waals surface area (Å²) in [4.78, 5) is 10.9. The number of hydrogen-bond donors (Lipinski definition) is 2. The van der Waals surface area contributed by atoms with Crippen molar-refractivity contribution in [3.05, 3.63) is 28.8 Å². The highest BCUT2D eigenvalue weighted by molar-refractivity contribution is 6.30. The summed E-state index contributed by atoms with van der Waals surface area (Å²) in [5, 5.41) is 3.34. The van der Waals surface area contributed by atoms with Gasteiger partial charge in [-0.2, -0.15) is 13.2 Å². The summed E-state index contributed by atoms with van der Waals surface area (Å²) in [7, 11) is 0. The van der Waals surface area contributed by atoms with E-state index >= 15 is 0 Å². The first-order valence-electron chi connectivity index (χ1n) is 4.20. The number of rotatable bonds is 1. The Kier molecular flexibility index (Phi) is 3.64. The molecule has 0 radical (unpaired) electrons.